The smallest absolute Gasteiger partial charge is 0.241 e. The van der Waals surface area contributed by atoms with Crippen LogP contribution in [-0.4, -0.2) is 42.2 Å². The second-order valence-corrected chi connectivity index (χ2v) is 4.49. The van der Waals surface area contributed by atoms with Crippen molar-refractivity contribution in [3.8, 4) is 0 Å². The molecule has 1 aromatic rings. The predicted molar refractivity (Wildman–Crippen MR) is 72.1 cm³/mol. The van der Waals surface area contributed by atoms with Gasteiger partial charge in [0.15, 0.2) is 0 Å². The third kappa shape index (κ3) is 4.85. The highest BCUT2D eigenvalue weighted by atomic mass is 16.3. The number of aliphatic hydroxyl groups excluding tert-OH is 1. The standard InChI is InChI=1S/C14H22N2O2/c1-16(14(18)13(15)11-17)10-6-5-9-12-7-3-2-4-8-12/h2-4,7-8,13,17H,5-6,9-11,15H2,1H3. The Bertz CT molecular complexity index is 354. The molecule has 0 heterocycles. The molecule has 0 spiro atoms. The van der Waals surface area contributed by atoms with Gasteiger partial charge in [0.1, 0.15) is 6.04 Å². The molecule has 100 valence electrons. The summed E-state index contributed by atoms with van der Waals surface area (Å²) in [5.41, 5.74) is 6.79. The van der Waals surface area contributed by atoms with E-state index in [1.54, 1.807) is 11.9 Å². The molecular weight excluding hydrogens is 228 g/mol. The third-order valence-electron chi connectivity index (χ3n) is 2.94. The molecule has 3 N–H and O–H groups in total. The molecule has 0 aliphatic carbocycles. The van der Waals surface area contributed by atoms with Crippen molar-refractivity contribution in [2.75, 3.05) is 20.2 Å². The minimum absolute atomic E-state index is 0.197. The van der Waals surface area contributed by atoms with Gasteiger partial charge in [-0.05, 0) is 24.8 Å². The topological polar surface area (TPSA) is 66.6 Å². The van der Waals surface area contributed by atoms with E-state index >= 15 is 0 Å². The highest BCUT2D eigenvalue weighted by molar-refractivity contribution is 5.81. The van der Waals surface area contributed by atoms with E-state index in [2.05, 4.69) is 12.1 Å². The normalized spacial score (nSPS) is 12.2. The summed E-state index contributed by atoms with van der Waals surface area (Å²) in [4.78, 5) is 13.2. The van der Waals surface area contributed by atoms with Crippen LogP contribution in [0.4, 0.5) is 0 Å². The van der Waals surface area contributed by atoms with Crippen LogP contribution in [0, 0.1) is 0 Å². The molecule has 1 aromatic carbocycles. The first-order valence-corrected chi connectivity index (χ1v) is 6.30. The highest BCUT2D eigenvalue weighted by Crippen LogP contribution is 2.05. The molecule has 4 heteroatoms. The van der Waals surface area contributed by atoms with E-state index in [0.29, 0.717) is 6.54 Å². The van der Waals surface area contributed by atoms with Crippen LogP contribution in [0.5, 0.6) is 0 Å². The molecule has 1 atom stereocenters. The molecule has 0 radical (unpaired) electrons. The number of unbranched alkanes of at least 4 members (excludes halogenated alkanes) is 1. The summed E-state index contributed by atoms with van der Waals surface area (Å²) in [6.07, 6.45) is 3.00. The van der Waals surface area contributed by atoms with Crippen molar-refractivity contribution < 1.29 is 9.90 Å². The van der Waals surface area contributed by atoms with Crippen molar-refractivity contribution in [2.24, 2.45) is 5.73 Å². The number of aryl methyl sites for hydroxylation is 1. The molecule has 0 saturated heterocycles. The number of hydrogen-bond donors (Lipinski definition) is 2. The number of carbonyl (C=O) groups is 1. The maximum absolute atomic E-state index is 11.6. The van der Waals surface area contributed by atoms with Gasteiger partial charge in [-0.25, -0.2) is 0 Å². The van der Waals surface area contributed by atoms with Crippen LogP contribution in [0.2, 0.25) is 0 Å². The zero-order valence-corrected chi connectivity index (χ0v) is 10.9. The number of hydrogen-bond acceptors (Lipinski definition) is 3. The minimum Gasteiger partial charge on any atom is -0.394 e. The maximum atomic E-state index is 11.6. The van der Waals surface area contributed by atoms with Crippen LogP contribution in [0.3, 0.4) is 0 Å². The number of aliphatic hydroxyl groups is 1. The Balaban J connectivity index is 2.20. The summed E-state index contributed by atoms with van der Waals surface area (Å²) < 4.78 is 0. The largest absolute Gasteiger partial charge is 0.394 e. The number of benzene rings is 1. The first-order valence-electron chi connectivity index (χ1n) is 6.30. The van der Waals surface area contributed by atoms with Crippen LogP contribution >= 0.6 is 0 Å². The van der Waals surface area contributed by atoms with E-state index in [4.69, 9.17) is 10.8 Å². The number of nitrogens with zero attached hydrogens (tertiary/aromatic N) is 1. The van der Waals surface area contributed by atoms with Gasteiger partial charge in [-0.1, -0.05) is 30.3 Å². The Morgan fingerprint density at radius 3 is 2.61 bits per heavy atom. The van der Waals surface area contributed by atoms with Gasteiger partial charge in [0, 0.05) is 13.6 Å². The van der Waals surface area contributed by atoms with E-state index < -0.39 is 6.04 Å². The molecule has 0 aliphatic rings. The van der Waals surface area contributed by atoms with E-state index in [-0.39, 0.29) is 12.5 Å². The lowest BCUT2D eigenvalue weighted by Gasteiger charge is -2.20. The Hall–Kier alpha value is -1.39. The molecular formula is C14H22N2O2. The average molecular weight is 250 g/mol. The van der Waals surface area contributed by atoms with Crippen LogP contribution in [0.15, 0.2) is 30.3 Å². The van der Waals surface area contributed by atoms with Crippen molar-refractivity contribution in [3.05, 3.63) is 35.9 Å². The Morgan fingerprint density at radius 1 is 1.33 bits per heavy atom. The lowest BCUT2D eigenvalue weighted by molar-refractivity contribution is -0.132. The number of nitrogens with two attached hydrogens (primary N) is 1. The number of amides is 1. The lowest BCUT2D eigenvalue weighted by Crippen LogP contribution is -2.44. The maximum Gasteiger partial charge on any atom is 0.241 e. The summed E-state index contributed by atoms with van der Waals surface area (Å²) >= 11 is 0. The van der Waals surface area contributed by atoms with Gasteiger partial charge >= 0.3 is 0 Å². The van der Waals surface area contributed by atoms with Gasteiger partial charge in [-0.2, -0.15) is 0 Å². The number of carbonyl (C=O) groups excluding carboxylic acids is 1. The fourth-order valence-corrected chi connectivity index (χ4v) is 1.79. The second kappa shape index (κ2) is 7.84. The van der Waals surface area contributed by atoms with E-state index in [9.17, 15) is 4.79 Å². The van der Waals surface area contributed by atoms with E-state index in [1.165, 1.54) is 5.56 Å². The first-order chi connectivity index (χ1) is 8.65. The van der Waals surface area contributed by atoms with Gasteiger partial charge < -0.3 is 15.7 Å². The number of likely N-dealkylation sites (N-methyl/N-ethyl adjacent to an activating group) is 1. The zero-order chi connectivity index (χ0) is 13.4. The van der Waals surface area contributed by atoms with Crippen LogP contribution < -0.4 is 5.73 Å². The molecule has 0 aromatic heterocycles. The molecule has 1 rings (SSSR count). The number of rotatable bonds is 7. The SMILES string of the molecule is CN(CCCCc1ccccc1)C(=O)C(N)CO. The van der Waals surface area contributed by atoms with Crippen LogP contribution in [0.1, 0.15) is 18.4 Å². The minimum atomic E-state index is -0.788. The fraction of sp³-hybridized carbons (Fsp3) is 0.500. The van der Waals surface area contributed by atoms with Gasteiger partial charge in [0.05, 0.1) is 6.61 Å². The average Bonchev–Trinajstić information content (AvgIpc) is 2.42. The monoisotopic (exact) mass is 250 g/mol. The van der Waals surface area contributed by atoms with Crippen molar-refractivity contribution in [1.82, 2.24) is 4.90 Å². The van der Waals surface area contributed by atoms with Gasteiger partial charge in [-0.3, -0.25) is 4.79 Å². The van der Waals surface area contributed by atoms with Gasteiger partial charge in [0.2, 0.25) is 5.91 Å². The molecule has 0 aliphatic heterocycles. The van der Waals surface area contributed by atoms with E-state index in [1.807, 2.05) is 18.2 Å². The Labute approximate surface area is 108 Å². The summed E-state index contributed by atoms with van der Waals surface area (Å²) in [5.74, 6) is -0.197. The zero-order valence-electron chi connectivity index (χ0n) is 10.9. The lowest BCUT2D eigenvalue weighted by atomic mass is 10.1. The Morgan fingerprint density at radius 2 is 2.00 bits per heavy atom. The van der Waals surface area contributed by atoms with Gasteiger partial charge in [-0.15, -0.1) is 0 Å². The van der Waals surface area contributed by atoms with Crippen LogP contribution in [-0.2, 0) is 11.2 Å². The molecule has 18 heavy (non-hydrogen) atoms. The van der Waals surface area contributed by atoms with Crippen molar-refractivity contribution in [2.45, 2.75) is 25.3 Å². The quantitative estimate of drug-likeness (QED) is 0.703. The Kier molecular flexibility index (Phi) is 6.39. The fourth-order valence-electron chi connectivity index (χ4n) is 1.79. The van der Waals surface area contributed by atoms with Crippen molar-refractivity contribution in [3.63, 3.8) is 0 Å². The molecule has 1 unspecified atom stereocenters. The summed E-state index contributed by atoms with van der Waals surface area (Å²) in [7, 11) is 1.72. The summed E-state index contributed by atoms with van der Waals surface area (Å²) in [5, 5.41) is 8.80. The highest BCUT2D eigenvalue weighted by Gasteiger charge is 2.16. The van der Waals surface area contributed by atoms with Crippen LogP contribution in [0.25, 0.3) is 0 Å². The second-order valence-electron chi connectivity index (χ2n) is 4.49. The summed E-state index contributed by atoms with van der Waals surface area (Å²) in [6, 6.07) is 9.50. The molecule has 4 nitrogen and oxygen atoms in total. The molecule has 0 fully saturated rings. The van der Waals surface area contributed by atoms with Gasteiger partial charge in [0.25, 0.3) is 0 Å². The summed E-state index contributed by atoms with van der Waals surface area (Å²) in [6.45, 7) is 0.382. The third-order valence-corrected chi connectivity index (χ3v) is 2.94. The molecule has 1 amide bonds. The predicted octanol–water partition coefficient (Wildman–Crippen LogP) is 0.787. The molecule has 0 bridgehead atoms. The first kappa shape index (κ1) is 14.7. The van der Waals surface area contributed by atoms with E-state index in [0.717, 1.165) is 19.3 Å². The van der Waals surface area contributed by atoms with Crippen molar-refractivity contribution in [1.29, 1.82) is 0 Å². The van der Waals surface area contributed by atoms with Crippen molar-refractivity contribution >= 4 is 5.91 Å². The molecule has 0 saturated carbocycles.